The minimum atomic E-state index is -0.329. The van der Waals surface area contributed by atoms with Crippen molar-refractivity contribution in [3.8, 4) is 23.0 Å². The van der Waals surface area contributed by atoms with Crippen LogP contribution in [0, 0.1) is 0 Å². The van der Waals surface area contributed by atoms with E-state index in [4.69, 9.17) is 18.9 Å². The van der Waals surface area contributed by atoms with Gasteiger partial charge >= 0.3 is 0 Å². The molecule has 0 aliphatic carbocycles. The maximum absolute atomic E-state index is 9.84. The van der Waals surface area contributed by atoms with Crippen molar-refractivity contribution in [2.45, 2.75) is 33.0 Å². The first kappa shape index (κ1) is 20.6. The monoisotopic (exact) mass is 372 g/mol. The smallest absolute Gasteiger partial charge is 0.161 e. The molecule has 27 heavy (non-hydrogen) atoms. The number of rotatable bonds is 9. The number of benzene rings is 2. The molecular formula is C22H28O5. The molecule has 5 heteroatoms. The van der Waals surface area contributed by atoms with Gasteiger partial charge in [-0.2, -0.15) is 0 Å². The molecule has 0 bridgehead atoms. The van der Waals surface area contributed by atoms with Crippen LogP contribution >= 0.6 is 0 Å². The summed E-state index contributed by atoms with van der Waals surface area (Å²) in [5.41, 5.74) is 1.91. The number of methoxy groups -OCH3 is 2. The molecule has 2 aromatic rings. The molecule has 1 N–H and O–H groups in total. The summed E-state index contributed by atoms with van der Waals surface area (Å²) in [5, 5.41) is 9.84. The first-order chi connectivity index (χ1) is 13.0. The number of ether oxygens (including phenoxy) is 4. The summed E-state index contributed by atoms with van der Waals surface area (Å²) in [5.74, 6) is 1.80. The Balaban J connectivity index is 2.28. The lowest BCUT2D eigenvalue weighted by Crippen LogP contribution is -2.24. The standard InChI is InChI=1S/C22H28O5/c1-6-8-16-9-12-19(21(13-16)25-5)27-15(3)22(26-7-2)17-10-11-18(23)20(14-17)24-4/h6,8-15,22-23H,7H2,1-5H3. The van der Waals surface area contributed by atoms with E-state index in [1.165, 1.54) is 7.11 Å². The van der Waals surface area contributed by atoms with Gasteiger partial charge in [0.15, 0.2) is 23.0 Å². The molecule has 2 rings (SSSR count). The van der Waals surface area contributed by atoms with Crippen molar-refractivity contribution < 1.29 is 24.1 Å². The van der Waals surface area contributed by atoms with Gasteiger partial charge < -0.3 is 24.1 Å². The van der Waals surface area contributed by atoms with Gasteiger partial charge in [-0.05, 0) is 56.2 Å². The topological polar surface area (TPSA) is 57.2 Å². The van der Waals surface area contributed by atoms with Crippen molar-refractivity contribution in [2.75, 3.05) is 20.8 Å². The summed E-state index contributed by atoms with van der Waals surface area (Å²) in [6.45, 7) is 6.37. The minimum absolute atomic E-state index is 0.0892. The molecule has 2 unspecified atom stereocenters. The molecule has 0 spiro atoms. The minimum Gasteiger partial charge on any atom is -0.504 e. The quantitative estimate of drug-likeness (QED) is 0.672. The third-order valence-electron chi connectivity index (χ3n) is 4.16. The van der Waals surface area contributed by atoms with Crippen LogP contribution in [0.2, 0.25) is 0 Å². The van der Waals surface area contributed by atoms with Crippen LogP contribution in [-0.2, 0) is 4.74 Å². The van der Waals surface area contributed by atoms with Gasteiger partial charge in [-0.3, -0.25) is 0 Å². The van der Waals surface area contributed by atoms with Crippen LogP contribution in [0.5, 0.6) is 23.0 Å². The van der Waals surface area contributed by atoms with Gasteiger partial charge in [-0.15, -0.1) is 0 Å². The Morgan fingerprint density at radius 2 is 1.74 bits per heavy atom. The second kappa shape index (κ2) is 9.88. The Kier molecular flexibility index (Phi) is 7.55. The van der Waals surface area contributed by atoms with Crippen molar-refractivity contribution >= 4 is 6.08 Å². The third kappa shape index (κ3) is 5.17. The van der Waals surface area contributed by atoms with Crippen molar-refractivity contribution in [3.63, 3.8) is 0 Å². The summed E-state index contributed by atoms with van der Waals surface area (Å²) >= 11 is 0. The second-order valence-corrected chi connectivity index (χ2v) is 6.04. The zero-order chi connectivity index (χ0) is 19.8. The molecule has 0 heterocycles. The Morgan fingerprint density at radius 3 is 2.37 bits per heavy atom. The summed E-state index contributed by atoms with van der Waals surface area (Å²) in [7, 11) is 3.14. The number of phenolic OH excluding ortho intramolecular Hbond substituents is 1. The van der Waals surface area contributed by atoms with Gasteiger partial charge in [0.2, 0.25) is 0 Å². The number of allylic oxidation sites excluding steroid dienone is 1. The van der Waals surface area contributed by atoms with E-state index in [1.54, 1.807) is 19.2 Å². The third-order valence-corrected chi connectivity index (χ3v) is 4.16. The molecule has 0 amide bonds. The fourth-order valence-electron chi connectivity index (χ4n) is 2.89. The molecule has 0 saturated heterocycles. The Labute approximate surface area is 161 Å². The number of aromatic hydroxyl groups is 1. The summed E-state index contributed by atoms with van der Waals surface area (Å²) < 4.78 is 22.8. The average molecular weight is 372 g/mol. The summed E-state index contributed by atoms with van der Waals surface area (Å²) in [6.07, 6.45) is 3.35. The maximum Gasteiger partial charge on any atom is 0.161 e. The van der Waals surface area contributed by atoms with E-state index in [1.807, 2.05) is 57.2 Å². The van der Waals surface area contributed by atoms with Gasteiger partial charge in [-0.25, -0.2) is 0 Å². The normalized spacial score (nSPS) is 13.4. The summed E-state index contributed by atoms with van der Waals surface area (Å²) in [6, 6.07) is 11.0. The van der Waals surface area contributed by atoms with E-state index in [9.17, 15) is 5.11 Å². The number of phenols is 1. The average Bonchev–Trinajstić information content (AvgIpc) is 2.68. The van der Waals surface area contributed by atoms with Crippen molar-refractivity contribution in [3.05, 3.63) is 53.6 Å². The van der Waals surface area contributed by atoms with Crippen LogP contribution in [0.3, 0.4) is 0 Å². The van der Waals surface area contributed by atoms with E-state index in [0.717, 1.165) is 11.1 Å². The van der Waals surface area contributed by atoms with E-state index in [2.05, 4.69) is 0 Å². The highest BCUT2D eigenvalue weighted by Crippen LogP contribution is 2.35. The van der Waals surface area contributed by atoms with Crippen molar-refractivity contribution in [1.82, 2.24) is 0 Å². The predicted octanol–water partition coefficient (Wildman–Crippen LogP) is 4.99. The molecule has 0 fully saturated rings. The zero-order valence-corrected chi connectivity index (χ0v) is 16.6. The van der Waals surface area contributed by atoms with Crippen LogP contribution in [0.15, 0.2) is 42.5 Å². The highest BCUT2D eigenvalue weighted by molar-refractivity contribution is 5.55. The Bertz CT molecular complexity index is 769. The van der Waals surface area contributed by atoms with Gasteiger partial charge in [0.05, 0.1) is 14.2 Å². The van der Waals surface area contributed by atoms with Crippen LogP contribution in [0.4, 0.5) is 0 Å². The van der Waals surface area contributed by atoms with E-state index in [-0.39, 0.29) is 18.0 Å². The Hall–Kier alpha value is -2.66. The SMILES string of the molecule is CC=Cc1ccc(OC(C)C(OCC)c2ccc(O)c(OC)c2)c(OC)c1. The van der Waals surface area contributed by atoms with Crippen LogP contribution in [-0.4, -0.2) is 32.0 Å². The fraction of sp³-hybridized carbons (Fsp3) is 0.364. The van der Waals surface area contributed by atoms with E-state index < -0.39 is 0 Å². The fourth-order valence-corrected chi connectivity index (χ4v) is 2.89. The molecule has 0 aliphatic heterocycles. The van der Waals surface area contributed by atoms with Gasteiger partial charge in [0.25, 0.3) is 0 Å². The van der Waals surface area contributed by atoms with Gasteiger partial charge in [0, 0.05) is 6.61 Å². The molecule has 2 atom stereocenters. The predicted molar refractivity (Wildman–Crippen MR) is 107 cm³/mol. The molecule has 5 nitrogen and oxygen atoms in total. The molecule has 0 saturated carbocycles. The largest absolute Gasteiger partial charge is 0.504 e. The Morgan fingerprint density at radius 1 is 1.00 bits per heavy atom. The molecule has 0 radical (unpaired) electrons. The van der Waals surface area contributed by atoms with Crippen molar-refractivity contribution in [2.24, 2.45) is 0 Å². The lowest BCUT2D eigenvalue weighted by atomic mass is 10.0. The van der Waals surface area contributed by atoms with E-state index >= 15 is 0 Å². The molecular weight excluding hydrogens is 344 g/mol. The van der Waals surface area contributed by atoms with Crippen LogP contribution in [0.25, 0.3) is 6.08 Å². The van der Waals surface area contributed by atoms with Crippen LogP contribution < -0.4 is 14.2 Å². The van der Waals surface area contributed by atoms with Crippen LogP contribution in [0.1, 0.15) is 38.0 Å². The molecule has 0 aliphatic rings. The van der Waals surface area contributed by atoms with Crippen molar-refractivity contribution in [1.29, 1.82) is 0 Å². The number of hydrogen-bond donors (Lipinski definition) is 1. The number of hydrogen-bond acceptors (Lipinski definition) is 5. The maximum atomic E-state index is 9.84. The second-order valence-electron chi connectivity index (χ2n) is 6.04. The highest BCUT2D eigenvalue weighted by atomic mass is 16.6. The molecule has 146 valence electrons. The first-order valence-corrected chi connectivity index (χ1v) is 8.99. The first-order valence-electron chi connectivity index (χ1n) is 8.99. The van der Waals surface area contributed by atoms with Gasteiger partial charge in [-0.1, -0.05) is 24.3 Å². The highest BCUT2D eigenvalue weighted by Gasteiger charge is 2.24. The molecule has 2 aromatic carbocycles. The van der Waals surface area contributed by atoms with E-state index in [0.29, 0.717) is 23.9 Å². The lowest BCUT2D eigenvalue weighted by molar-refractivity contribution is -0.0155. The summed E-state index contributed by atoms with van der Waals surface area (Å²) in [4.78, 5) is 0. The van der Waals surface area contributed by atoms with Gasteiger partial charge in [0.1, 0.15) is 12.2 Å². The lowest BCUT2D eigenvalue weighted by Gasteiger charge is -2.26. The zero-order valence-electron chi connectivity index (χ0n) is 16.6. The molecule has 0 aromatic heterocycles.